The summed E-state index contributed by atoms with van der Waals surface area (Å²) in [5.41, 5.74) is 1.99. The lowest BCUT2D eigenvalue weighted by molar-refractivity contribution is -0.161. The predicted octanol–water partition coefficient (Wildman–Crippen LogP) is 2.01. The fraction of sp³-hybridized carbons (Fsp3) is 0.529. The van der Waals surface area contributed by atoms with Crippen LogP contribution in [0.25, 0.3) is 0 Å². The number of nitrogens with zero attached hydrogens (tertiary/aromatic N) is 1. The maximum Gasteiger partial charge on any atom is 0.326 e. The van der Waals surface area contributed by atoms with Crippen molar-refractivity contribution in [2.45, 2.75) is 38.3 Å². The van der Waals surface area contributed by atoms with Gasteiger partial charge in [-0.25, -0.2) is 4.79 Å². The van der Waals surface area contributed by atoms with Crippen molar-refractivity contribution in [3.8, 4) is 0 Å². The van der Waals surface area contributed by atoms with Gasteiger partial charge in [-0.3, -0.25) is 4.79 Å². The van der Waals surface area contributed by atoms with Crippen LogP contribution in [0.4, 0.5) is 0 Å². The molecule has 1 N–H and O–H groups in total. The number of fused-ring (bicyclic) bond motifs is 1. The summed E-state index contributed by atoms with van der Waals surface area (Å²) in [6, 6.07) is 7.00. The standard InChI is InChI=1S/C17H21NO4/c1-11-5-4-9-18(14(11)17(20)21)16(19)15-13-7-3-2-6-12(13)8-10-22-15/h2-3,6-7,11,14-15H,4-5,8-10H2,1H3,(H,20,21). The van der Waals surface area contributed by atoms with E-state index in [1.807, 2.05) is 31.2 Å². The van der Waals surface area contributed by atoms with Crippen molar-refractivity contribution in [1.29, 1.82) is 0 Å². The van der Waals surface area contributed by atoms with Crippen LogP contribution in [0.5, 0.6) is 0 Å². The zero-order valence-corrected chi connectivity index (χ0v) is 12.7. The summed E-state index contributed by atoms with van der Waals surface area (Å²) in [5, 5.41) is 9.49. The Bertz CT molecular complexity index is 586. The molecule has 1 saturated heterocycles. The van der Waals surface area contributed by atoms with E-state index >= 15 is 0 Å². The van der Waals surface area contributed by atoms with E-state index in [1.165, 1.54) is 4.90 Å². The molecule has 3 rings (SSSR count). The zero-order valence-electron chi connectivity index (χ0n) is 12.7. The summed E-state index contributed by atoms with van der Waals surface area (Å²) in [4.78, 5) is 26.0. The molecule has 1 aromatic rings. The second-order valence-electron chi connectivity index (χ2n) is 6.13. The molecule has 0 saturated carbocycles. The molecule has 0 radical (unpaired) electrons. The first-order chi connectivity index (χ1) is 10.6. The van der Waals surface area contributed by atoms with Crippen LogP contribution in [-0.2, 0) is 20.7 Å². The number of amides is 1. The molecular weight excluding hydrogens is 282 g/mol. The van der Waals surface area contributed by atoms with Crippen molar-refractivity contribution in [1.82, 2.24) is 4.90 Å². The van der Waals surface area contributed by atoms with Gasteiger partial charge < -0.3 is 14.7 Å². The van der Waals surface area contributed by atoms with E-state index in [-0.39, 0.29) is 11.8 Å². The number of hydrogen-bond donors (Lipinski definition) is 1. The van der Waals surface area contributed by atoms with Gasteiger partial charge in [-0.05, 0) is 36.3 Å². The molecule has 118 valence electrons. The predicted molar refractivity (Wildman–Crippen MR) is 80.4 cm³/mol. The van der Waals surface area contributed by atoms with Gasteiger partial charge >= 0.3 is 5.97 Å². The number of piperidine rings is 1. The molecule has 0 aromatic heterocycles. The van der Waals surface area contributed by atoms with Gasteiger partial charge in [0, 0.05) is 6.54 Å². The van der Waals surface area contributed by atoms with E-state index in [4.69, 9.17) is 4.74 Å². The van der Waals surface area contributed by atoms with E-state index in [1.54, 1.807) is 0 Å². The lowest BCUT2D eigenvalue weighted by Crippen LogP contribution is -2.53. The molecule has 22 heavy (non-hydrogen) atoms. The highest BCUT2D eigenvalue weighted by molar-refractivity contribution is 5.88. The Hall–Kier alpha value is -1.88. The first-order valence-electron chi connectivity index (χ1n) is 7.82. The monoisotopic (exact) mass is 303 g/mol. The van der Waals surface area contributed by atoms with Crippen LogP contribution in [0.15, 0.2) is 24.3 Å². The number of rotatable bonds is 2. The Morgan fingerprint density at radius 2 is 2.09 bits per heavy atom. The van der Waals surface area contributed by atoms with Gasteiger partial charge in [0.05, 0.1) is 6.61 Å². The molecule has 0 aliphatic carbocycles. The summed E-state index contributed by atoms with van der Waals surface area (Å²) >= 11 is 0. The summed E-state index contributed by atoms with van der Waals surface area (Å²) in [7, 11) is 0. The van der Waals surface area contributed by atoms with E-state index < -0.39 is 18.1 Å². The molecule has 0 bridgehead atoms. The van der Waals surface area contributed by atoms with Gasteiger partial charge in [-0.2, -0.15) is 0 Å². The zero-order chi connectivity index (χ0) is 15.7. The Morgan fingerprint density at radius 3 is 2.86 bits per heavy atom. The van der Waals surface area contributed by atoms with Crippen LogP contribution < -0.4 is 0 Å². The fourth-order valence-corrected chi connectivity index (χ4v) is 3.56. The summed E-state index contributed by atoms with van der Waals surface area (Å²) in [5.74, 6) is -1.18. The summed E-state index contributed by atoms with van der Waals surface area (Å²) < 4.78 is 5.70. The third kappa shape index (κ3) is 2.61. The lowest BCUT2D eigenvalue weighted by atomic mass is 9.89. The Labute approximate surface area is 129 Å². The van der Waals surface area contributed by atoms with Gasteiger partial charge in [0.1, 0.15) is 6.04 Å². The normalized spacial score (nSPS) is 28.0. The minimum Gasteiger partial charge on any atom is -0.480 e. The van der Waals surface area contributed by atoms with E-state index in [9.17, 15) is 14.7 Å². The number of hydrogen-bond acceptors (Lipinski definition) is 3. The van der Waals surface area contributed by atoms with Gasteiger partial charge in [0.15, 0.2) is 6.10 Å². The van der Waals surface area contributed by atoms with Crippen molar-refractivity contribution in [3.63, 3.8) is 0 Å². The molecule has 5 nitrogen and oxygen atoms in total. The largest absolute Gasteiger partial charge is 0.480 e. The van der Waals surface area contributed by atoms with Crippen LogP contribution in [-0.4, -0.2) is 41.1 Å². The minimum absolute atomic E-state index is 0.0333. The topological polar surface area (TPSA) is 66.8 Å². The highest BCUT2D eigenvalue weighted by Crippen LogP contribution is 2.32. The van der Waals surface area contributed by atoms with Gasteiger partial charge in [-0.15, -0.1) is 0 Å². The quantitative estimate of drug-likeness (QED) is 0.907. The van der Waals surface area contributed by atoms with E-state index in [0.29, 0.717) is 13.2 Å². The minimum atomic E-state index is -0.926. The number of carbonyl (C=O) groups is 2. The van der Waals surface area contributed by atoms with Gasteiger partial charge in [0.25, 0.3) is 5.91 Å². The molecule has 0 spiro atoms. The van der Waals surface area contributed by atoms with E-state index in [2.05, 4.69) is 0 Å². The molecule has 2 aliphatic rings. The van der Waals surface area contributed by atoms with Crippen LogP contribution in [0, 0.1) is 5.92 Å². The number of carbonyl (C=O) groups excluding carboxylic acids is 1. The average molecular weight is 303 g/mol. The summed E-state index contributed by atoms with van der Waals surface area (Å²) in [6.07, 6.45) is 1.80. The smallest absolute Gasteiger partial charge is 0.326 e. The summed E-state index contributed by atoms with van der Waals surface area (Å²) in [6.45, 7) is 2.88. The fourth-order valence-electron chi connectivity index (χ4n) is 3.56. The van der Waals surface area contributed by atoms with Gasteiger partial charge in [0.2, 0.25) is 0 Å². The number of carboxylic acid groups (broad SMARTS) is 1. The van der Waals surface area contributed by atoms with Crippen molar-refractivity contribution in [2.75, 3.05) is 13.2 Å². The number of benzene rings is 1. The molecule has 1 aromatic carbocycles. The second kappa shape index (κ2) is 6.08. The van der Waals surface area contributed by atoms with Crippen molar-refractivity contribution < 1.29 is 19.4 Å². The molecular formula is C17H21NO4. The first-order valence-corrected chi connectivity index (χ1v) is 7.82. The van der Waals surface area contributed by atoms with Crippen LogP contribution in [0.1, 0.15) is 37.0 Å². The Morgan fingerprint density at radius 1 is 1.32 bits per heavy atom. The van der Waals surface area contributed by atoms with Crippen molar-refractivity contribution in [2.24, 2.45) is 5.92 Å². The van der Waals surface area contributed by atoms with Gasteiger partial charge in [-0.1, -0.05) is 31.2 Å². The lowest BCUT2D eigenvalue weighted by Gasteiger charge is -2.39. The van der Waals surface area contributed by atoms with Crippen molar-refractivity contribution >= 4 is 11.9 Å². The number of ether oxygens (including phenoxy) is 1. The maximum absolute atomic E-state index is 12.9. The average Bonchev–Trinajstić information content (AvgIpc) is 2.53. The Balaban J connectivity index is 1.89. The molecule has 5 heteroatoms. The van der Waals surface area contributed by atoms with Crippen LogP contribution >= 0.6 is 0 Å². The first kappa shape index (κ1) is 15.0. The highest BCUT2D eigenvalue weighted by atomic mass is 16.5. The van der Waals surface area contributed by atoms with E-state index in [0.717, 1.165) is 30.4 Å². The second-order valence-corrected chi connectivity index (χ2v) is 6.13. The molecule has 2 aliphatic heterocycles. The number of likely N-dealkylation sites (tertiary alicyclic amines) is 1. The highest BCUT2D eigenvalue weighted by Gasteiger charge is 2.41. The number of aliphatic carboxylic acids is 1. The molecule has 1 fully saturated rings. The third-order valence-corrected chi connectivity index (χ3v) is 4.69. The maximum atomic E-state index is 12.9. The third-order valence-electron chi connectivity index (χ3n) is 4.69. The van der Waals surface area contributed by atoms with Crippen LogP contribution in [0.2, 0.25) is 0 Å². The van der Waals surface area contributed by atoms with Crippen LogP contribution in [0.3, 0.4) is 0 Å². The van der Waals surface area contributed by atoms with Crippen molar-refractivity contribution in [3.05, 3.63) is 35.4 Å². The molecule has 3 unspecified atom stereocenters. The molecule has 3 atom stereocenters. The molecule has 1 amide bonds. The molecule has 2 heterocycles. The number of carboxylic acids is 1. The Kier molecular flexibility index (Phi) is 4.16. The SMILES string of the molecule is CC1CCCN(C(=O)C2OCCc3ccccc32)C1C(=O)O.